The average Bonchev–Trinajstić information content (AvgIpc) is 2.61. The van der Waals surface area contributed by atoms with Crippen molar-refractivity contribution in [1.29, 1.82) is 0 Å². The number of nitrogens with one attached hydrogen (secondary N) is 2. The third-order valence-electron chi connectivity index (χ3n) is 3.28. The first-order valence-corrected chi connectivity index (χ1v) is 7.60. The van der Waals surface area contributed by atoms with Crippen LogP contribution in [-0.2, 0) is 16.1 Å². The van der Waals surface area contributed by atoms with Gasteiger partial charge in [0.05, 0.1) is 13.0 Å². The molecule has 0 radical (unpaired) electrons. The quantitative estimate of drug-likeness (QED) is 0.170. The number of hydrazine groups is 1. The number of hydrogen-bond donors (Lipinski definition) is 6. The second-order valence-corrected chi connectivity index (χ2v) is 5.44. The van der Waals surface area contributed by atoms with Gasteiger partial charge in [0.1, 0.15) is 6.04 Å². The highest BCUT2D eigenvalue weighted by Gasteiger charge is 2.23. The van der Waals surface area contributed by atoms with Gasteiger partial charge in [-0.15, -0.1) is 0 Å². The molecule has 0 saturated carbocycles. The summed E-state index contributed by atoms with van der Waals surface area (Å²) in [4.78, 5) is 50.8. The molecule has 4 amide bonds. The molecule has 12 nitrogen and oxygen atoms in total. The summed E-state index contributed by atoms with van der Waals surface area (Å²) in [6.07, 6.45) is -0.542. The molecule has 0 heterocycles. The third kappa shape index (κ3) is 6.99. The van der Waals surface area contributed by atoms with Crippen LogP contribution in [0.15, 0.2) is 29.3 Å². The summed E-state index contributed by atoms with van der Waals surface area (Å²) in [5, 5.41) is 8.95. The van der Waals surface area contributed by atoms with Crippen molar-refractivity contribution in [3.05, 3.63) is 35.4 Å². The maximum atomic E-state index is 12.4. The lowest BCUT2D eigenvalue weighted by Crippen LogP contribution is -2.53. The van der Waals surface area contributed by atoms with Gasteiger partial charge in [0.15, 0.2) is 5.96 Å². The maximum absolute atomic E-state index is 12.4. The Hall–Kier alpha value is -3.67. The van der Waals surface area contributed by atoms with Crippen LogP contribution >= 0.6 is 0 Å². The molecule has 27 heavy (non-hydrogen) atoms. The Balaban J connectivity index is 2.76. The molecule has 1 rings (SSSR count). The average molecular weight is 379 g/mol. The van der Waals surface area contributed by atoms with Crippen LogP contribution in [0.5, 0.6) is 0 Å². The second kappa shape index (κ2) is 9.72. The van der Waals surface area contributed by atoms with Crippen molar-refractivity contribution in [2.75, 3.05) is 7.05 Å². The number of imide groups is 1. The van der Waals surface area contributed by atoms with Gasteiger partial charge in [-0.1, -0.05) is 12.1 Å². The van der Waals surface area contributed by atoms with Crippen molar-refractivity contribution in [2.45, 2.75) is 19.0 Å². The number of rotatable bonds is 8. The van der Waals surface area contributed by atoms with E-state index in [0.717, 1.165) is 4.90 Å². The summed E-state index contributed by atoms with van der Waals surface area (Å²) >= 11 is 0. The number of aliphatic carboxylic acids is 1. The Labute approximate surface area is 154 Å². The molecule has 0 bridgehead atoms. The highest BCUT2D eigenvalue weighted by molar-refractivity contribution is 6.04. The van der Waals surface area contributed by atoms with Crippen LogP contribution in [0.1, 0.15) is 22.3 Å². The summed E-state index contributed by atoms with van der Waals surface area (Å²) < 4.78 is 0. The molecule has 146 valence electrons. The smallest absolute Gasteiger partial charge is 0.338 e. The molecule has 0 aromatic heterocycles. The maximum Gasteiger partial charge on any atom is 0.338 e. The highest BCUT2D eigenvalue weighted by Crippen LogP contribution is 2.09. The van der Waals surface area contributed by atoms with E-state index >= 15 is 0 Å². The first-order valence-electron chi connectivity index (χ1n) is 7.60. The Morgan fingerprint density at radius 1 is 1.22 bits per heavy atom. The molecule has 12 heteroatoms. The number of urea groups is 1. The topological polar surface area (TPSA) is 206 Å². The number of benzene rings is 1. The SMILES string of the molecule is CN(C(=O)NN[C@@H](CC(N)=O)C(=O)O)C(=O)c1cccc(CN=C(N)N)c1. The Kier molecular flexibility index (Phi) is 7.69. The van der Waals surface area contributed by atoms with Crippen molar-refractivity contribution in [3.8, 4) is 0 Å². The van der Waals surface area contributed by atoms with Gasteiger partial charge in [-0.3, -0.25) is 24.7 Å². The number of primary amides is 1. The van der Waals surface area contributed by atoms with Gasteiger partial charge in [0, 0.05) is 12.6 Å². The number of carbonyl (C=O) groups is 4. The molecule has 0 fully saturated rings. The van der Waals surface area contributed by atoms with Gasteiger partial charge >= 0.3 is 12.0 Å². The van der Waals surface area contributed by atoms with Crippen molar-refractivity contribution in [1.82, 2.24) is 15.8 Å². The van der Waals surface area contributed by atoms with Gasteiger partial charge in [0.25, 0.3) is 5.91 Å². The summed E-state index contributed by atoms with van der Waals surface area (Å²) in [7, 11) is 1.20. The number of guanidine groups is 1. The van der Waals surface area contributed by atoms with Crippen LogP contribution in [0, 0.1) is 0 Å². The lowest BCUT2D eigenvalue weighted by atomic mass is 10.1. The van der Waals surface area contributed by atoms with Gasteiger partial charge in [-0.2, -0.15) is 0 Å². The van der Waals surface area contributed by atoms with Crippen molar-refractivity contribution < 1.29 is 24.3 Å². The number of nitrogens with zero attached hydrogens (tertiary/aromatic N) is 2. The number of carbonyl (C=O) groups excluding carboxylic acids is 3. The van der Waals surface area contributed by atoms with Crippen LogP contribution in [0.3, 0.4) is 0 Å². The van der Waals surface area contributed by atoms with Crippen LogP contribution in [0.2, 0.25) is 0 Å². The fourth-order valence-electron chi connectivity index (χ4n) is 1.91. The van der Waals surface area contributed by atoms with Crippen LogP contribution in [-0.4, -0.2) is 52.9 Å². The van der Waals surface area contributed by atoms with E-state index in [1.165, 1.54) is 19.2 Å². The number of carboxylic acid groups (broad SMARTS) is 1. The monoisotopic (exact) mass is 379 g/mol. The van der Waals surface area contributed by atoms with Crippen molar-refractivity contribution in [3.63, 3.8) is 0 Å². The Morgan fingerprint density at radius 3 is 2.44 bits per heavy atom. The number of aliphatic imine (C=N–C) groups is 1. The van der Waals surface area contributed by atoms with E-state index in [4.69, 9.17) is 22.3 Å². The predicted octanol–water partition coefficient (Wildman–Crippen LogP) is -1.93. The van der Waals surface area contributed by atoms with E-state index in [0.29, 0.717) is 5.56 Å². The van der Waals surface area contributed by atoms with Crippen LogP contribution in [0.4, 0.5) is 4.79 Å². The molecule has 9 N–H and O–H groups in total. The zero-order chi connectivity index (χ0) is 20.6. The van der Waals surface area contributed by atoms with E-state index in [1.807, 2.05) is 5.43 Å². The number of carboxylic acids is 1. The lowest BCUT2D eigenvalue weighted by Gasteiger charge is -2.19. The van der Waals surface area contributed by atoms with Crippen molar-refractivity contribution in [2.24, 2.45) is 22.2 Å². The van der Waals surface area contributed by atoms with Crippen LogP contribution in [0.25, 0.3) is 0 Å². The minimum absolute atomic E-state index is 0.0988. The zero-order valence-corrected chi connectivity index (χ0v) is 14.5. The molecule has 1 aromatic carbocycles. The van der Waals surface area contributed by atoms with Gasteiger partial charge in [0.2, 0.25) is 5.91 Å². The van der Waals surface area contributed by atoms with Gasteiger partial charge in [-0.25, -0.2) is 15.2 Å². The Morgan fingerprint density at radius 2 is 1.89 bits per heavy atom. The second-order valence-electron chi connectivity index (χ2n) is 5.44. The molecule has 0 aliphatic heterocycles. The standard InChI is InChI=1S/C15H21N7O5/c1-22(15(27)21-20-10(13(25)26)6-11(16)23)12(24)9-4-2-3-8(5-9)7-19-14(17)18/h2-5,10,20H,6-7H2,1H3,(H2,16,23)(H,21,27)(H,25,26)(H4,17,18,19)/t10-/m0/s1. The van der Waals surface area contributed by atoms with E-state index < -0.39 is 36.3 Å². The Bertz CT molecular complexity index is 761. The predicted molar refractivity (Wildman–Crippen MR) is 95.0 cm³/mol. The third-order valence-corrected chi connectivity index (χ3v) is 3.28. The normalized spacial score (nSPS) is 11.1. The van der Waals surface area contributed by atoms with E-state index in [1.54, 1.807) is 12.1 Å². The highest BCUT2D eigenvalue weighted by atomic mass is 16.4. The lowest BCUT2D eigenvalue weighted by molar-refractivity contribution is -0.141. The molecule has 1 atom stereocenters. The fourth-order valence-corrected chi connectivity index (χ4v) is 1.91. The number of hydrogen-bond acceptors (Lipinski definition) is 6. The zero-order valence-electron chi connectivity index (χ0n) is 14.5. The van der Waals surface area contributed by atoms with E-state index in [9.17, 15) is 19.2 Å². The molecule has 0 aliphatic rings. The van der Waals surface area contributed by atoms with Gasteiger partial charge < -0.3 is 22.3 Å². The summed E-state index contributed by atoms with van der Waals surface area (Å²) in [6, 6.07) is 3.95. The van der Waals surface area contributed by atoms with Crippen molar-refractivity contribution >= 4 is 29.8 Å². The molecular weight excluding hydrogens is 358 g/mol. The largest absolute Gasteiger partial charge is 0.480 e. The number of nitrogens with two attached hydrogens (primary N) is 3. The van der Waals surface area contributed by atoms with E-state index in [-0.39, 0.29) is 18.1 Å². The van der Waals surface area contributed by atoms with E-state index in [2.05, 4.69) is 10.4 Å². The molecule has 0 aliphatic carbocycles. The minimum atomic E-state index is -1.43. The first kappa shape index (κ1) is 21.4. The first-order chi connectivity index (χ1) is 12.6. The molecule has 0 saturated heterocycles. The molecular formula is C15H21N7O5. The molecule has 1 aromatic rings. The minimum Gasteiger partial charge on any atom is -0.480 e. The number of amides is 4. The summed E-state index contributed by atoms with van der Waals surface area (Å²) in [5.41, 5.74) is 20.5. The summed E-state index contributed by atoms with van der Waals surface area (Å²) in [5.74, 6) is -3.01. The molecule has 0 unspecified atom stereocenters. The fraction of sp³-hybridized carbons (Fsp3) is 0.267. The van der Waals surface area contributed by atoms with Gasteiger partial charge in [-0.05, 0) is 17.7 Å². The summed E-state index contributed by atoms with van der Waals surface area (Å²) in [6.45, 7) is 0.161. The van der Waals surface area contributed by atoms with Crippen LogP contribution < -0.4 is 28.1 Å². The molecule has 0 spiro atoms.